The molecular weight excluding hydrogens is 233 g/mol. The number of hydrogen-bond donors (Lipinski definition) is 1. The van der Waals surface area contributed by atoms with Crippen molar-refractivity contribution in [2.75, 3.05) is 0 Å². The molecule has 1 heterocycles. The van der Waals surface area contributed by atoms with Crippen LogP contribution in [0.2, 0.25) is 0 Å². The second-order valence-corrected chi connectivity index (χ2v) is 3.49. The summed E-state index contributed by atoms with van der Waals surface area (Å²) in [6, 6.07) is 7.31. The number of aromatic hydroxyl groups is 1. The highest BCUT2D eigenvalue weighted by atomic mass is 35.5. The molecule has 80 valence electrons. The van der Waals surface area contributed by atoms with Crippen molar-refractivity contribution < 1.29 is 5.11 Å². The maximum atomic E-state index is 9.61. The number of rotatable bonds is 1. The Labute approximate surface area is 99.3 Å². The van der Waals surface area contributed by atoms with Crippen LogP contribution in [-0.2, 0) is 5.88 Å². The number of phenols is 1. The number of benzene rings is 1. The summed E-state index contributed by atoms with van der Waals surface area (Å²) in [6.45, 7) is 1.90. The van der Waals surface area contributed by atoms with E-state index in [9.17, 15) is 5.11 Å². The van der Waals surface area contributed by atoms with Crippen LogP contribution in [0.1, 0.15) is 11.3 Å². The smallest absolute Gasteiger partial charge is 0.141 e. The Hall–Kier alpha value is -0.990. The Morgan fingerprint density at radius 2 is 2.00 bits per heavy atom. The predicted molar refractivity (Wildman–Crippen MR) is 64.9 cm³/mol. The Kier molecular flexibility index (Phi) is 3.77. The minimum absolute atomic E-state index is 0. The van der Waals surface area contributed by atoms with Crippen LogP contribution in [-0.4, -0.2) is 10.1 Å². The van der Waals surface area contributed by atoms with Crippen LogP contribution in [0.25, 0.3) is 10.9 Å². The van der Waals surface area contributed by atoms with Crippen molar-refractivity contribution in [3.8, 4) is 5.75 Å². The van der Waals surface area contributed by atoms with Gasteiger partial charge in [-0.05, 0) is 24.6 Å². The molecule has 0 fully saturated rings. The number of nitrogens with zero attached hydrogens (tertiary/aromatic N) is 1. The average Bonchev–Trinajstić information content (AvgIpc) is 2.19. The zero-order valence-corrected chi connectivity index (χ0v) is 9.77. The minimum Gasteiger partial charge on any atom is -0.506 e. The standard InChI is InChI=1S/C11H10ClNO.ClH/c1-7-2-4-9-8(6-12)3-5-10(14)11(9)13-7;/h2-5,14H,6H2,1H3;1H. The van der Waals surface area contributed by atoms with Gasteiger partial charge in [-0.1, -0.05) is 12.1 Å². The molecule has 0 spiro atoms. The molecule has 0 atom stereocenters. The van der Waals surface area contributed by atoms with E-state index < -0.39 is 0 Å². The highest BCUT2D eigenvalue weighted by molar-refractivity contribution is 6.18. The normalized spacial score (nSPS) is 10.0. The first-order valence-corrected chi connectivity index (χ1v) is 4.90. The lowest BCUT2D eigenvalue weighted by Gasteiger charge is -2.05. The molecule has 2 nitrogen and oxygen atoms in total. The first kappa shape index (κ1) is 12.1. The molecule has 0 aliphatic rings. The number of pyridine rings is 1. The first-order valence-electron chi connectivity index (χ1n) is 4.36. The lowest BCUT2D eigenvalue weighted by atomic mass is 10.1. The third-order valence-electron chi connectivity index (χ3n) is 2.21. The third-order valence-corrected chi connectivity index (χ3v) is 2.50. The van der Waals surface area contributed by atoms with Gasteiger partial charge in [0.15, 0.2) is 0 Å². The van der Waals surface area contributed by atoms with Gasteiger partial charge in [-0.25, -0.2) is 4.98 Å². The van der Waals surface area contributed by atoms with Crippen LogP contribution < -0.4 is 0 Å². The van der Waals surface area contributed by atoms with Crippen molar-refractivity contribution in [3.63, 3.8) is 0 Å². The Morgan fingerprint density at radius 1 is 1.27 bits per heavy atom. The summed E-state index contributed by atoms with van der Waals surface area (Å²) in [5.41, 5.74) is 2.51. The molecule has 0 unspecified atom stereocenters. The second-order valence-electron chi connectivity index (χ2n) is 3.23. The molecule has 4 heteroatoms. The van der Waals surface area contributed by atoms with Crippen molar-refractivity contribution in [2.45, 2.75) is 12.8 Å². The Balaban J connectivity index is 0.00000112. The topological polar surface area (TPSA) is 33.1 Å². The molecular formula is C11H11Cl2NO. The summed E-state index contributed by atoms with van der Waals surface area (Å²) >= 11 is 5.79. The van der Waals surface area contributed by atoms with Crippen LogP contribution >= 0.6 is 24.0 Å². The first-order chi connectivity index (χ1) is 6.72. The van der Waals surface area contributed by atoms with Gasteiger partial charge in [0.25, 0.3) is 0 Å². The van der Waals surface area contributed by atoms with Crippen LogP contribution in [0, 0.1) is 6.92 Å². The molecule has 0 amide bonds. The van der Waals surface area contributed by atoms with E-state index >= 15 is 0 Å². The fraction of sp³-hybridized carbons (Fsp3) is 0.182. The molecule has 1 aromatic carbocycles. The van der Waals surface area contributed by atoms with Gasteiger partial charge >= 0.3 is 0 Å². The number of phenolic OH excluding ortho intramolecular Hbond substituents is 1. The van der Waals surface area contributed by atoms with Gasteiger partial charge in [0.1, 0.15) is 11.3 Å². The van der Waals surface area contributed by atoms with Gasteiger partial charge in [0.05, 0.1) is 0 Å². The van der Waals surface area contributed by atoms with Gasteiger partial charge in [0, 0.05) is 17.0 Å². The number of halogens is 2. The molecule has 0 saturated heterocycles. The molecule has 0 saturated carbocycles. The van der Waals surface area contributed by atoms with E-state index in [2.05, 4.69) is 4.98 Å². The van der Waals surface area contributed by atoms with Crippen LogP contribution in [0.3, 0.4) is 0 Å². The predicted octanol–water partition coefficient (Wildman–Crippen LogP) is 3.41. The third kappa shape index (κ3) is 2.16. The summed E-state index contributed by atoms with van der Waals surface area (Å²) in [4.78, 5) is 4.28. The van der Waals surface area contributed by atoms with E-state index in [0.29, 0.717) is 11.4 Å². The van der Waals surface area contributed by atoms with Gasteiger partial charge in [-0.3, -0.25) is 0 Å². The lowest BCUT2D eigenvalue weighted by molar-refractivity contribution is 0.480. The van der Waals surface area contributed by atoms with E-state index in [1.54, 1.807) is 6.07 Å². The van der Waals surface area contributed by atoms with Crippen LogP contribution in [0.15, 0.2) is 24.3 Å². The Morgan fingerprint density at radius 3 is 2.67 bits per heavy atom. The summed E-state index contributed by atoms with van der Waals surface area (Å²) in [5, 5.41) is 10.5. The fourth-order valence-corrected chi connectivity index (χ4v) is 1.71. The molecule has 0 bridgehead atoms. The van der Waals surface area contributed by atoms with E-state index in [4.69, 9.17) is 11.6 Å². The maximum absolute atomic E-state index is 9.61. The van der Waals surface area contributed by atoms with Crippen molar-refractivity contribution in [1.82, 2.24) is 4.98 Å². The largest absolute Gasteiger partial charge is 0.506 e. The number of alkyl halides is 1. The quantitative estimate of drug-likeness (QED) is 0.780. The molecule has 0 aliphatic heterocycles. The highest BCUT2D eigenvalue weighted by Gasteiger charge is 2.05. The number of hydrogen-bond acceptors (Lipinski definition) is 2. The lowest BCUT2D eigenvalue weighted by Crippen LogP contribution is -1.87. The van der Waals surface area contributed by atoms with Gasteiger partial charge in [-0.2, -0.15) is 0 Å². The number of fused-ring (bicyclic) bond motifs is 1. The van der Waals surface area contributed by atoms with Gasteiger partial charge < -0.3 is 5.11 Å². The maximum Gasteiger partial charge on any atom is 0.141 e. The highest BCUT2D eigenvalue weighted by Crippen LogP contribution is 2.26. The molecule has 0 aliphatic carbocycles. The SMILES string of the molecule is Cc1ccc2c(CCl)ccc(O)c2n1.Cl. The monoisotopic (exact) mass is 243 g/mol. The van der Waals surface area contributed by atoms with E-state index in [1.807, 2.05) is 25.1 Å². The van der Waals surface area contributed by atoms with Crippen molar-refractivity contribution in [2.24, 2.45) is 0 Å². The van der Waals surface area contributed by atoms with E-state index in [-0.39, 0.29) is 18.2 Å². The molecule has 0 radical (unpaired) electrons. The summed E-state index contributed by atoms with van der Waals surface area (Å²) < 4.78 is 0. The number of aryl methyl sites for hydroxylation is 1. The fourth-order valence-electron chi connectivity index (χ4n) is 1.48. The van der Waals surface area contributed by atoms with Gasteiger partial charge in [0.2, 0.25) is 0 Å². The molecule has 15 heavy (non-hydrogen) atoms. The van der Waals surface area contributed by atoms with Crippen LogP contribution in [0.5, 0.6) is 5.75 Å². The molecule has 2 aromatic rings. The van der Waals surface area contributed by atoms with Crippen LogP contribution in [0.4, 0.5) is 0 Å². The average molecular weight is 244 g/mol. The zero-order chi connectivity index (χ0) is 10.1. The summed E-state index contributed by atoms with van der Waals surface area (Å²) in [7, 11) is 0. The van der Waals surface area contributed by atoms with E-state index in [1.165, 1.54) is 0 Å². The van der Waals surface area contributed by atoms with Crippen molar-refractivity contribution in [1.29, 1.82) is 0 Å². The van der Waals surface area contributed by atoms with E-state index in [0.717, 1.165) is 16.6 Å². The molecule has 1 N–H and O–H groups in total. The van der Waals surface area contributed by atoms with Crippen molar-refractivity contribution in [3.05, 3.63) is 35.5 Å². The molecule has 1 aromatic heterocycles. The minimum atomic E-state index is 0. The summed E-state index contributed by atoms with van der Waals surface area (Å²) in [6.07, 6.45) is 0. The summed E-state index contributed by atoms with van der Waals surface area (Å²) in [5.74, 6) is 0.638. The van der Waals surface area contributed by atoms with Gasteiger partial charge in [-0.15, -0.1) is 24.0 Å². The van der Waals surface area contributed by atoms with Crippen molar-refractivity contribution >= 4 is 34.9 Å². The zero-order valence-electron chi connectivity index (χ0n) is 8.20. The second kappa shape index (κ2) is 4.69. The Bertz CT molecular complexity index is 485. The number of aromatic nitrogens is 1. The molecule has 2 rings (SSSR count).